The fraction of sp³-hybridized carbons (Fsp3) is 0.714. The van der Waals surface area contributed by atoms with Crippen LogP contribution < -0.4 is 11.1 Å². The highest BCUT2D eigenvalue weighted by molar-refractivity contribution is 5.07. The second-order valence-corrected chi connectivity index (χ2v) is 2.37. The zero-order chi connectivity index (χ0) is 6.53. The van der Waals surface area contributed by atoms with Gasteiger partial charge in [0.1, 0.15) is 0 Å². The van der Waals surface area contributed by atoms with Gasteiger partial charge in [-0.2, -0.15) is 0 Å². The Labute approximate surface area is 56.1 Å². The van der Waals surface area contributed by atoms with E-state index in [0.717, 1.165) is 26.1 Å². The van der Waals surface area contributed by atoms with Crippen LogP contribution in [-0.2, 0) is 0 Å². The zero-order valence-corrected chi connectivity index (χ0v) is 5.69. The Morgan fingerprint density at radius 2 is 2.56 bits per heavy atom. The first-order valence-corrected chi connectivity index (χ1v) is 3.52. The predicted molar refractivity (Wildman–Crippen MR) is 39.2 cm³/mol. The summed E-state index contributed by atoms with van der Waals surface area (Å²) >= 11 is 0. The highest BCUT2D eigenvalue weighted by atomic mass is 14.9. The monoisotopic (exact) mass is 126 g/mol. The standard InChI is InChI=1S/C7H14N2/c8-4-3-7-2-1-5-9-6-7/h2,9H,1,3-6,8H2. The summed E-state index contributed by atoms with van der Waals surface area (Å²) in [6.45, 7) is 2.97. The van der Waals surface area contributed by atoms with E-state index in [1.807, 2.05) is 0 Å². The maximum absolute atomic E-state index is 5.39. The van der Waals surface area contributed by atoms with Crippen LogP contribution in [0, 0.1) is 0 Å². The maximum atomic E-state index is 5.39. The first kappa shape index (κ1) is 6.78. The smallest absolute Gasteiger partial charge is 0.0165 e. The lowest BCUT2D eigenvalue weighted by Gasteiger charge is -2.12. The Balaban J connectivity index is 2.28. The van der Waals surface area contributed by atoms with Crippen LogP contribution in [0.4, 0.5) is 0 Å². The van der Waals surface area contributed by atoms with Crippen LogP contribution in [-0.4, -0.2) is 19.6 Å². The van der Waals surface area contributed by atoms with E-state index < -0.39 is 0 Å². The number of hydrogen-bond acceptors (Lipinski definition) is 2. The van der Waals surface area contributed by atoms with Gasteiger partial charge in [-0.3, -0.25) is 0 Å². The molecule has 0 aliphatic carbocycles. The second kappa shape index (κ2) is 3.64. The van der Waals surface area contributed by atoms with E-state index in [1.54, 1.807) is 0 Å². The van der Waals surface area contributed by atoms with Crippen LogP contribution in [0.3, 0.4) is 0 Å². The molecule has 3 N–H and O–H groups in total. The molecule has 9 heavy (non-hydrogen) atoms. The van der Waals surface area contributed by atoms with E-state index in [-0.39, 0.29) is 0 Å². The third-order valence-electron chi connectivity index (χ3n) is 1.57. The molecule has 0 aromatic heterocycles. The Hall–Kier alpha value is -0.340. The summed E-state index contributed by atoms with van der Waals surface area (Å²) in [6, 6.07) is 0. The van der Waals surface area contributed by atoms with Gasteiger partial charge < -0.3 is 11.1 Å². The molecule has 1 heterocycles. The molecule has 1 rings (SSSR count). The lowest BCUT2D eigenvalue weighted by Crippen LogP contribution is -2.23. The van der Waals surface area contributed by atoms with Crippen molar-refractivity contribution in [2.24, 2.45) is 5.73 Å². The summed E-state index contributed by atoms with van der Waals surface area (Å²) in [5, 5.41) is 3.30. The van der Waals surface area contributed by atoms with Gasteiger partial charge in [-0.15, -0.1) is 0 Å². The molecule has 0 aromatic rings. The Kier molecular flexibility index (Phi) is 2.74. The molecule has 0 saturated carbocycles. The van der Waals surface area contributed by atoms with Gasteiger partial charge in [-0.1, -0.05) is 11.6 Å². The Bertz CT molecular complexity index is 107. The first-order chi connectivity index (χ1) is 4.43. The lowest BCUT2D eigenvalue weighted by atomic mass is 10.1. The highest BCUT2D eigenvalue weighted by Gasteiger charge is 1.99. The van der Waals surface area contributed by atoms with Gasteiger partial charge >= 0.3 is 0 Å². The van der Waals surface area contributed by atoms with Crippen LogP contribution in [0.5, 0.6) is 0 Å². The molecule has 2 nitrogen and oxygen atoms in total. The molecule has 0 fully saturated rings. The lowest BCUT2D eigenvalue weighted by molar-refractivity contribution is 0.679. The second-order valence-electron chi connectivity index (χ2n) is 2.37. The summed E-state index contributed by atoms with van der Waals surface area (Å²) in [5.74, 6) is 0. The molecule has 0 bridgehead atoms. The highest BCUT2D eigenvalue weighted by Crippen LogP contribution is 2.03. The van der Waals surface area contributed by atoms with Gasteiger partial charge in [0.05, 0.1) is 0 Å². The summed E-state index contributed by atoms with van der Waals surface area (Å²) in [4.78, 5) is 0. The molecule has 0 aromatic carbocycles. The molecule has 2 heteroatoms. The van der Waals surface area contributed by atoms with E-state index in [2.05, 4.69) is 11.4 Å². The molecular formula is C7H14N2. The van der Waals surface area contributed by atoms with Crippen molar-refractivity contribution in [2.75, 3.05) is 19.6 Å². The van der Waals surface area contributed by atoms with E-state index in [0.29, 0.717) is 0 Å². The van der Waals surface area contributed by atoms with Crippen molar-refractivity contribution in [1.82, 2.24) is 5.32 Å². The summed E-state index contributed by atoms with van der Waals surface area (Å²) in [6.07, 6.45) is 4.53. The zero-order valence-electron chi connectivity index (χ0n) is 5.69. The van der Waals surface area contributed by atoms with Gasteiger partial charge in [-0.25, -0.2) is 0 Å². The molecule has 0 unspecified atom stereocenters. The summed E-state index contributed by atoms with van der Waals surface area (Å²) in [5.41, 5.74) is 6.87. The van der Waals surface area contributed by atoms with Crippen molar-refractivity contribution >= 4 is 0 Å². The minimum absolute atomic E-state index is 0.785. The normalized spacial score (nSPS) is 19.4. The molecule has 0 amide bonds. The number of rotatable bonds is 2. The molecule has 0 radical (unpaired) electrons. The van der Waals surface area contributed by atoms with Crippen molar-refractivity contribution in [3.63, 3.8) is 0 Å². The number of nitrogens with one attached hydrogen (secondary N) is 1. The van der Waals surface area contributed by atoms with E-state index in [9.17, 15) is 0 Å². The molecule has 52 valence electrons. The van der Waals surface area contributed by atoms with Crippen LogP contribution in [0.1, 0.15) is 12.8 Å². The van der Waals surface area contributed by atoms with Gasteiger partial charge in [0.25, 0.3) is 0 Å². The van der Waals surface area contributed by atoms with E-state index in [4.69, 9.17) is 5.73 Å². The minimum atomic E-state index is 0.785. The quantitative estimate of drug-likeness (QED) is 0.521. The number of hydrogen-bond donors (Lipinski definition) is 2. The van der Waals surface area contributed by atoms with Crippen LogP contribution in [0.2, 0.25) is 0 Å². The Morgan fingerprint density at radius 3 is 3.11 bits per heavy atom. The van der Waals surface area contributed by atoms with E-state index >= 15 is 0 Å². The van der Waals surface area contributed by atoms with Crippen LogP contribution in [0.25, 0.3) is 0 Å². The molecule has 0 saturated heterocycles. The average Bonchev–Trinajstić information content (AvgIpc) is 1.91. The topological polar surface area (TPSA) is 38.0 Å². The fourth-order valence-electron chi connectivity index (χ4n) is 1.08. The maximum Gasteiger partial charge on any atom is 0.0165 e. The van der Waals surface area contributed by atoms with Gasteiger partial charge in [0.2, 0.25) is 0 Å². The SMILES string of the molecule is NCCC1=CCCNC1. The summed E-state index contributed by atoms with van der Waals surface area (Å²) in [7, 11) is 0. The van der Waals surface area contributed by atoms with Gasteiger partial charge in [-0.05, 0) is 25.9 Å². The van der Waals surface area contributed by atoms with Crippen molar-refractivity contribution < 1.29 is 0 Å². The largest absolute Gasteiger partial charge is 0.330 e. The molecule has 0 spiro atoms. The number of nitrogens with two attached hydrogens (primary N) is 1. The average molecular weight is 126 g/mol. The Morgan fingerprint density at radius 1 is 1.67 bits per heavy atom. The van der Waals surface area contributed by atoms with E-state index in [1.165, 1.54) is 12.0 Å². The summed E-state index contributed by atoms with van der Waals surface area (Å²) < 4.78 is 0. The van der Waals surface area contributed by atoms with Crippen molar-refractivity contribution in [3.8, 4) is 0 Å². The third-order valence-corrected chi connectivity index (χ3v) is 1.57. The third kappa shape index (κ3) is 2.16. The van der Waals surface area contributed by atoms with Crippen LogP contribution >= 0.6 is 0 Å². The van der Waals surface area contributed by atoms with Crippen molar-refractivity contribution in [3.05, 3.63) is 11.6 Å². The van der Waals surface area contributed by atoms with Crippen LogP contribution in [0.15, 0.2) is 11.6 Å². The molecular weight excluding hydrogens is 112 g/mol. The molecule has 1 aliphatic heterocycles. The predicted octanol–water partition coefficient (Wildman–Crippen LogP) is 0.255. The van der Waals surface area contributed by atoms with Crippen molar-refractivity contribution in [1.29, 1.82) is 0 Å². The van der Waals surface area contributed by atoms with Crippen molar-refractivity contribution in [2.45, 2.75) is 12.8 Å². The first-order valence-electron chi connectivity index (χ1n) is 3.52. The molecule has 0 atom stereocenters. The van der Waals surface area contributed by atoms with Gasteiger partial charge in [0.15, 0.2) is 0 Å². The fourth-order valence-corrected chi connectivity index (χ4v) is 1.08. The van der Waals surface area contributed by atoms with Gasteiger partial charge in [0, 0.05) is 6.54 Å². The minimum Gasteiger partial charge on any atom is -0.330 e. The molecule has 1 aliphatic rings.